The van der Waals surface area contributed by atoms with E-state index >= 15 is 0 Å². The van der Waals surface area contributed by atoms with Gasteiger partial charge in [-0.2, -0.15) is 0 Å². The molecule has 1 saturated heterocycles. The van der Waals surface area contributed by atoms with E-state index < -0.39 is 0 Å². The Morgan fingerprint density at radius 2 is 1.95 bits per heavy atom. The fraction of sp³-hybridized carbons (Fsp3) is 0.533. The van der Waals surface area contributed by atoms with Crippen LogP contribution < -0.4 is 11.1 Å². The average molecular weight is 262 g/mol. The molecule has 0 saturated carbocycles. The lowest BCUT2D eigenvalue weighted by Gasteiger charge is -2.37. The van der Waals surface area contributed by atoms with E-state index in [1.54, 1.807) is 0 Å². The lowest BCUT2D eigenvalue weighted by Crippen LogP contribution is -2.56. The van der Waals surface area contributed by atoms with Gasteiger partial charge in [0.2, 0.25) is 5.91 Å². The zero-order chi connectivity index (χ0) is 13.6. The van der Waals surface area contributed by atoms with Gasteiger partial charge in [-0.3, -0.25) is 4.79 Å². The molecule has 4 heteroatoms. The Balaban J connectivity index is 1.83. The first kappa shape index (κ1) is 14.0. The second kappa shape index (κ2) is 6.68. The molecule has 0 bridgehead atoms. The van der Waals surface area contributed by atoms with Gasteiger partial charge in [-0.25, -0.2) is 0 Å². The minimum absolute atomic E-state index is 0.0798. The summed E-state index contributed by atoms with van der Waals surface area (Å²) in [4.78, 5) is 12.0. The second-order valence-electron chi connectivity index (χ2n) is 5.13. The summed E-state index contributed by atoms with van der Waals surface area (Å²) in [5.74, 6) is 0.0798. The molecule has 19 heavy (non-hydrogen) atoms. The Kier molecular flexibility index (Phi) is 4.93. The number of nitrogens with two attached hydrogens (primary N) is 1. The largest absolute Gasteiger partial charge is 0.381 e. The molecular formula is C15H22N2O2. The van der Waals surface area contributed by atoms with E-state index in [2.05, 4.69) is 5.32 Å². The van der Waals surface area contributed by atoms with Crippen molar-refractivity contribution in [3.05, 3.63) is 35.9 Å². The number of benzene rings is 1. The summed E-state index contributed by atoms with van der Waals surface area (Å²) in [5, 5.41) is 3.11. The van der Waals surface area contributed by atoms with Gasteiger partial charge >= 0.3 is 0 Å². The number of carbonyl (C=O) groups excluding carboxylic acids is 1. The molecule has 2 rings (SSSR count). The van der Waals surface area contributed by atoms with Crippen molar-refractivity contribution in [1.29, 1.82) is 0 Å². The quantitative estimate of drug-likeness (QED) is 0.839. The Morgan fingerprint density at radius 3 is 2.58 bits per heavy atom. The molecule has 0 aliphatic carbocycles. The van der Waals surface area contributed by atoms with Crippen LogP contribution in [0, 0.1) is 0 Å². The Morgan fingerprint density at radius 1 is 1.26 bits per heavy atom. The van der Waals surface area contributed by atoms with Crippen LogP contribution in [0.3, 0.4) is 0 Å². The highest BCUT2D eigenvalue weighted by atomic mass is 16.5. The summed E-state index contributed by atoms with van der Waals surface area (Å²) < 4.78 is 5.33. The van der Waals surface area contributed by atoms with E-state index in [0.717, 1.165) is 19.3 Å². The lowest BCUT2D eigenvalue weighted by atomic mass is 9.90. The zero-order valence-electron chi connectivity index (χ0n) is 11.2. The van der Waals surface area contributed by atoms with Crippen LogP contribution in [0.15, 0.2) is 30.3 Å². The van der Waals surface area contributed by atoms with Crippen molar-refractivity contribution >= 4 is 5.91 Å². The highest BCUT2D eigenvalue weighted by molar-refractivity contribution is 5.77. The van der Waals surface area contributed by atoms with Gasteiger partial charge in [0.1, 0.15) is 0 Å². The van der Waals surface area contributed by atoms with Crippen LogP contribution >= 0.6 is 0 Å². The predicted molar refractivity (Wildman–Crippen MR) is 74.7 cm³/mol. The monoisotopic (exact) mass is 262 g/mol. The molecule has 0 radical (unpaired) electrons. The van der Waals surface area contributed by atoms with Crippen molar-refractivity contribution in [3.63, 3.8) is 0 Å². The second-order valence-corrected chi connectivity index (χ2v) is 5.13. The van der Waals surface area contributed by atoms with Crippen LogP contribution in [0.5, 0.6) is 0 Å². The molecule has 0 aromatic heterocycles. The van der Waals surface area contributed by atoms with Crippen molar-refractivity contribution in [1.82, 2.24) is 5.32 Å². The first-order valence-corrected chi connectivity index (χ1v) is 6.87. The summed E-state index contributed by atoms with van der Waals surface area (Å²) >= 11 is 0. The van der Waals surface area contributed by atoms with Crippen molar-refractivity contribution in [2.45, 2.75) is 31.2 Å². The van der Waals surface area contributed by atoms with Gasteiger partial charge in [-0.05, 0) is 24.8 Å². The molecule has 4 nitrogen and oxygen atoms in total. The molecule has 0 atom stereocenters. The molecule has 1 heterocycles. The van der Waals surface area contributed by atoms with Crippen LogP contribution in [0.2, 0.25) is 0 Å². The standard InChI is InChI=1S/C15H22N2O2/c16-12-15(8-10-19-11-9-15)17-14(18)7-6-13-4-2-1-3-5-13/h1-5H,6-12,16H2,(H,17,18). The van der Waals surface area contributed by atoms with Gasteiger partial charge in [-0.1, -0.05) is 30.3 Å². The summed E-state index contributed by atoms with van der Waals surface area (Å²) in [7, 11) is 0. The number of rotatable bonds is 5. The van der Waals surface area contributed by atoms with E-state index in [1.165, 1.54) is 5.56 Å². The van der Waals surface area contributed by atoms with Crippen molar-refractivity contribution < 1.29 is 9.53 Å². The number of hydrogen-bond donors (Lipinski definition) is 2. The molecule has 3 N–H and O–H groups in total. The van der Waals surface area contributed by atoms with Crippen LogP contribution in [0.25, 0.3) is 0 Å². The molecule has 1 amide bonds. The molecule has 1 aromatic rings. The number of nitrogens with one attached hydrogen (secondary N) is 1. The van der Waals surface area contributed by atoms with Crippen molar-refractivity contribution in [3.8, 4) is 0 Å². The predicted octanol–water partition coefficient (Wildman–Crippen LogP) is 1.24. The molecule has 1 aromatic carbocycles. The summed E-state index contributed by atoms with van der Waals surface area (Å²) in [6.45, 7) is 1.83. The van der Waals surface area contributed by atoms with E-state index in [9.17, 15) is 4.79 Å². The number of ether oxygens (including phenoxy) is 1. The number of amides is 1. The molecule has 104 valence electrons. The molecule has 0 spiro atoms. The molecule has 0 unspecified atom stereocenters. The summed E-state index contributed by atoms with van der Waals surface area (Å²) in [6.07, 6.45) is 2.89. The third-order valence-corrected chi connectivity index (χ3v) is 3.73. The Labute approximate surface area is 114 Å². The smallest absolute Gasteiger partial charge is 0.220 e. The van der Waals surface area contributed by atoms with E-state index in [4.69, 9.17) is 10.5 Å². The number of carbonyl (C=O) groups is 1. The van der Waals surface area contributed by atoms with E-state index in [1.807, 2.05) is 30.3 Å². The van der Waals surface area contributed by atoms with Crippen molar-refractivity contribution in [2.75, 3.05) is 19.8 Å². The summed E-state index contributed by atoms with van der Waals surface area (Å²) in [6, 6.07) is 10.1. The maximum absolute atomic E-state index is 12.0. The minimum atomic E-state index is -0.258. The van der Waals surface area contributed by atoms with Gasteiger partial charge in [0.25, 0.3) is 0 Å². The number of hydrogen-bond acceptors (Lipinski definition) is 3. The maximum atomic E-state index is 12.0. The molecule has 1 aliphatic rings. The zero-order valence-corrected chi connectivity index (χ0v) is 11.2. The maximum Gasteiger partial charge on any atom is 0.220 e. The Bertz CT molecular complexity index is 400. The fourth-order valence-corrected chi connectivity index (χ4v) is 2.40. The van der Waals surface area contributed by atoms with Gasteiger partial charge in [-0.15, -0.1) is 0 Å². The third kappa shape index (κ3) is 4.04. The molecule has 1 fully saturated rings. The van der Waals surface area contributed by atoms with Crippen LogP contribution in [0.4, 0.5) is 0 Å². The summed E-state index contributed by atoms with van der Waals surface area (Å²) in [5.41, 5.74) is 6.75. The Hall–Kier alpha value is -1.39. The van der Waals surface area contributed by atoms with Gasteiger partial charge in [0, 0.05) is 26.2 Å². The topological polar surface area (TPSA) is 64.3 Å². The minimum Gasteiger partial charge on any atom is -0.381 e. The normalized spacial score (nSPS) is 17.9. The third-order valence-electron chi connectivity index (χ3n) is 3.73. The number of aryl methyl sites for hydroxylation is 1. The SMILES string of the molecule is NCC1(NC(=O)CCc2ccccc2)CCOCC1. The van der Waals surface area contributed by atoms with Gasteiger partial charge < -0.3 is 15.8 Å². The van der Waals surface area contributed by atoms with E-state index in [-0.39, 0.29) is 11.4 Å². The highest BCUT2D eigenvalue weighted by Crippen LogP contribution is 2.19. The van der Waals surface area contributed by atoms with Crippen LogP contribution in [0.1, 0.15) is 24.8 Å². The van der Waals surface area contributed by atoms with Crippen LogP contribution in [-0.2, 0) is 16.0 Å². The van der Waals surface area contributed by atoms with Crippen molar-refractivity contribution in [2.24, 2.45) is 5.73 Å². The molecular weight excluding hydrogens is 240 g/mol. The van der Waals surface area contributed by atoms with Crippen LogP contribution in [-0.4, -0.2) is 31.2 Å². The molecule has 1 aliphatic heterocycles. The average Bonchev–Trinajstić information content (AvgIpc) is 2.47. The van der Waals surface area contributed by atoms with E-state index in [0.29, 0.717) is 26.2 Å². The van der Waals surface area contributed by atoms with Gasteiger partial charge in [0.05, 0.1) is 5.54 Å². The fourth-order valence-electron chi connectivity index (χ4n) is 2.40. The van der Waals surface area contributed by atoms with Gasteiger partial charge in [0.15, 0.2) is 0 Å². The first-order valence-electron chi connectivity index (χ1n) is 6.87. The first-order chi connectivity index (χ1) is 9.24. The lowest BCUT2D eigenvalue weighted by molar-refractivity contribution is -0.124. The highest BCUT2D eigenvalue weighted by Gasteiger charge is 2.32.